The summed E-state index contributed by atoms with van der Waals surface area (Å²) < 4.78 is 4.68. The fraction of sp³-hybridized carbons (Fsp3) is 0.769. The number of carbonyl (C=O) groups is 3. The predicted molar refractivity (Wildman–Crippen MR) is 77.6 cm³/mol. The van der Waals surface area contributed by atoms with E-state index in [0.29, 0.717) is 0 Å². The van der Waals surface area contributed by atoms with Crippen molar-refractivity contribution < 1.29 is 24.2 Å². The van der Waals surface area contributed by atoms with Gasteiger partial charge in [-0.05, 0) is 5.92 Å². The van der Waals surface area contributed by atoms with Gasteiger partial charge >= 0.3 is 11.9 Å². The third-order valence-corrected chi connectivity index (χ3v) is 4.11. The average Bonchev–Trinajstić information content (AvgIpc) is 2.40. The zero-order valence-corrected chi connectivity index (χ0v) is 13.2. The maximum Gasteiger partial charge on any atom is 0.328 e. The van der Waals surface area contributed by atoms with Crippen LogP contribution in [0.25, 0.3) is 0 Å². The fourth-order valence-electron chi connectivity index (χ4n) is 1.53. The highest BCUT2D eigenvalue weighted by molar-refractivity contribution is 8.00. The summed E-state index contributed by atoms with van der Waals surface area (Å²) in [6, 6.07) is -0.659. The summed E-state index contributed by atoms with van der Waals surface area (Å²) in [5.74, 6) is -1.54. The molecule has 0 rings (SSSR count). The molecule has 0 heterocycles. The van der Waals surface area contributed by atoms with Crippen LogP contribution in [0.5, 0.6) is 0 Å². The van der Waals surface area contributed by atoms with Gasteiger partial charge in [0.25, 0.3) is 0 Å². The summed E-state index contributed by atoms with van der Waals surface area (Å²) in [5, 5.41) is 11.1. The molecule has 1 amide bonds. The van der Waals surface area contributed by atoms with Gasteiger partial charge in [-0.2, -0.15) is 0 Å². The van der Waals surface area contributed by atoms with Gasteiger partial charge in [0.2, 0.25) is 5.91 Å². The highest BCUT2D eigenvalue weighted by Crippen LogP contribution is 2.14. The van der Waals surface area contributed by atoms with Crippen LogP contribution in [-0.2, 0) is 19.1 Å². The molecule has 0 aromatic rings. The topological polar surface area (TPSA) is 92.7 Å². The van der Waals surface area contributed by atoms with E-state index in [0.717, 1.165) is 6.42 Å². The van der Waals surface area contributed by atoms with Crippen molar-refractivity contribution in [3.63, 3.8) is 0 Å². The van der Waals surface area contributed by atoms with E-state index in [1.807, 2.05) is 13.8 Å². The Hall–Kier alpha value is -1.24. The molecule has 2 N–H and O–H groups in total. The molecule has 0 bridgehead atoms. The van der Waals surface area contributed by atoms with E-state index in [1.165, 1.54) is 18.9 Å². The molecule has 0 saturated heterocycles. The lowest BCUT2D eigenvalue weighted by molar-refractivity contribution is -0.146. The van der Waals surface area contributed by atoms with Crippen molar-refractivity contribution in [3.05, 3.63) is 0 Å². The van der Waals surface area contributed by atoms with E-state index in [4.69, 9.17) is 5.11 Å². The minimum absolute atomic E-state index is 0.00371. The number of ether oxygens (including phenoxy) is 1. The van der Waals surface area contributed by atoms with E-state index in [-0.39, 0.29) is 29.2 Å². The third kappa shape index (κ3) is 7.37. The number of hydrogen-bond donors (Lipinski definition) is 2. The quantitative estimate of drug-likeness (QED) is 0.624. The van der Waals surface area contributed by atoms with Crippen LogP contribution in [0.4, 0.5) is 0 Å². The molecule has 6 nitrogen and oxygen atoms in total. The molecule has 0 aliphatic rings. The SMILES string of the molecule is CCC(C)C(NC(=O)CSC(C)CC(=O)O)C(=O)OC. The number of methoxy groups -OCH3 is 1. The third-order valence-electron chi connectivity index (χ3n) is 2.95. The number of thioether (sulfide) groups is 1. The maximum atomic E-state index is 11.8. The number of carboxylic acids is 1. The summed E-state index contributed by atoms with van der Waals surface area (Å²) in [7, 11) is 1.29. The van der Waals surface area contributed by atoms with Gasteiger partial charge in [0, 0.05) is 5.25 Å². The molecule has 0 spiro atoms. The van der Waals surface area contributed by atoms with Gasteiger partial charge in [0.05, 0.1) is 19.3 Å². The number of carbonyl (C=O) groups excluding carboxylic acids is 2. The molecule has 0 radical (unpaired) electrons. The van der Waals surface area contributed by atoms with Gasteiger partial charge in [-0.15, -0.1) is 11.8 Å². The molecule has 3 atom stereocenters. The van der Waals surface area contributed by atoms with Gasteiger partial charge in [0.1, 0.15) is 6.04 Å². The second-order valence-corrected chi connectivity index (χ2v) is 6.10. The number of nitrogens with one attached hydrogen (secondary N) is 1. The van der Waals surface area contributed by atoms with Crippen molar-refractivity contribution in [3.8, 4) is 0 Å². The molecule has 116 valence electrons. The van der Waals surface area contributed by atoms with Crippen LogP contribution in [0.2, 0.25) is 0 Å². The van der Waals surface area contributed by atoms with Crippen LogP contribution < -0.4 is 5.32 Å². The average molecular weight is 305 g/mol. The lowest BCUT2D eigenvalue weighted by atomic mass is 9.99. The first-order valence-electron chi connectivity index (χ1n) is 6.52. The Balaban J connectivity index is 4.33. The van der Waals surface area contributed by atoms with Crippen molar-refractivity contribution in [2.45, 2.75) is 44.9 Å². The Morgan fingerprint density at radius 3 is 2.35 bits per heavy atom. The van der Waals surface area contributed by atoms with Crippen molar-refractivity contribution in [2.75, 3.05) is 12.9 Å². The van der Waals surface area contributed by atoms with Crippen LogP contribution in [0.15, 0.2) is 0 Å². The standard InChI is InChI=1S/C13H23NO5S/c1-5-8(2)12(13(18)19-4)14-10(15)7-20-9(3)6-11(16)17/h8-9,12H,5-7H2,1-4H3,(H,14,15)(H,16,17). The summed E-state index contributed by atoms with van der Waals surface area (Å²) in [4.78, 5) is 33.9. The highest BCUT2D eigenvalue weighted by Gasteiger charge is 2.26. The minimum atomic E-state index is -0.891. The zero-order valence-electron chi connectivity index (χ0n) is 12.3. The first-order valence-corrected chi connectivity index (χ1v) is 7.57. The van der Waals surface area contributed by atoms with Crippen molar-refractivity contribution in [1.82, 2.24) is 5.32 Å². The summed E-state index contributed by atoms with van der Waals surface area (Å²) in [5.41, 5.74) is 0. The molecular weight excluding hydrogens is 282 g/mol. The first-order chi connectivity index (χ1) is 9.31. The van der Waals surface area contributed by atoms with Gasteiger partial charge in [-0.25, -0.2) is 4.79 Å². The van der Waals surface area contributed by atoms with Crippen molar-refractivity contribution in [2.24, 2.45) is 5.92 Å². The number of rotatable bonds is 9. The maximum absolute atomic E-state index is 11.8. The number of esters is 1. The Bertz CT molecular complexity index is 348. The van der Waals surface area contributed by atoms with Crippen molar-refractivity contribution >= 4 is 29.6 Å². The molecular formula is C13H23NO5S. The first kappa shape index (κ1) is 18.8. The molecule has 7 heteroatoms. The summed E-state index contributed by atoms with van der Waals surface area (Å²) in [6.45, 7) is 5.54. The molecule has 20 heavy (non-hydrogen) atoms. The van der Waals surface area contributed by atoms with E-state index >= 15 is 0 Å². The largest absolute Gasteiger partial charge is 0.481 e. The predicted octanol–water partition coefficient (Wildman–Crippen LogP) is 1.29. The number of carboxylic acid groups (broad SMARTS) is 1. The fourth-order valence-corrected chi connectivity index (χ4v) is 2.31. The number of hydrogen-bond acceptors (Lipinski definition) is 5. The Labute approximate surface area is 123 Å². The molecule has 0 aliphatic carbocycles. The summed E-state index contributed by atoms with van der Waals surface area (Å²) >= 11 is 1.25. The van der Waals surface area contributed by atoms with Gasteiger partial charge in [-0.1, -0.05) is 27.2 Å². The second kappa shape index (κ2) is 9.63. The molecule has 0 saturated carbocycles. The lowest BCUT2D eigenvalue weighted by Gasteiger charge is -2.22. The van der Waals surface area contributed by atoms with Crippen LogP contribution in [0, 0.1) is 5.92 Å². The zero-order chi connectivity index (χ0) is 15.7. The van der Waals surface area contributed by atoms with E-state index < -0.39 is 18.0 Å². The Kier molecular flexibility index (Phi) is 9.03. The van der Waals surface area contributed by atoms with Gasteiger partial charge < -0.3 is 15.2 Å². The minimum Gasteiger partial charge on any atom is -0.481 e. The van der Waals surface area contributed by atoms with Crippen LogP contribution in [0.1, 0.15) is 33.6 Å². The molecule has 0 aliphatic heterocycles. The Morgan fingerprint density at radius 1 is 1.30 bits per heavy atom. The normalized spacial score (nSPS) is 15.0. The van der Waals surface area contributed by atoms with Crippen LogP contribution in [0.3, 0.4) is 0 Å². The Morgan fingerprint density at radius 2 is 1.90 bits per heavy atom. The second-order valence-electron chi connectivity index (χ2n) is 4.67. The molecule has 0 fully saturated rings. The van der Waals surface area contributed by atoms with E-state index in [1.54, 1.807) is 6.92 Å². The number of amides is 1. The van der Waals surface area contributed by atoms with Crippen LogP contribution >= 0.6 is 11.8 Å². The summed E-state index contributed by atoms with van der Waals surface area (Å²) in [6.07, 6.45) is 0.742. The molecule has 0 aromatic heterocycles. The molecule has 3 unspecified atom stereocenters. The number of aliphatic carboxylic acids is 1. The van der Waals surface area contributed by atoms with E-state index in [2.05, 4.69) is 10.1 Å². The monoisotopic (exact) mass is 305 g/mol. The highest BCUT2D eigenvalue weighted by atomic mass is 32.2. The van der Waals surface area contributed by atoms with Crippen LogP contribution in [-0.4, -0.2) is 47.1 Å². The van der Waals surface area contributed by atoms with E-state index in [9.17, 15) is 14.4 Å². The lowest BCUT2D eigenvalue weighted by Crippen LogP contribution is -2.46. The molecule has 0 aromatic carbocycles. The smallest absolute Gasteiger partial charge is 0.328 e. The van der Waals surface area contributed by atoms with Crippen molar-refractivity contribution in [1.29, 1.82) is 0 Å². The van der Waals surface area contributed by atoms with Gasteiger partial charge in [-0.3, -0.25) is 9.59 Å². The van der Waals surface area contributed by atoms with Gasteiger partial charge in [0.15, 0.2) is 0 Å².